The molecule has 1 heterocycles. The number of rotatable bonds is 13. The van der Waals surface area contributed by atoms with Gasteiger partial charge in [0.05, 0.1) is 12.7 Å². The van der Waals surface area contributed by atoms with Crippen molar-refractivity contribution in [3.8, 4) is 0 Å². The Morgan fingerprint density at radius 3 is 2.52 bits per heavy atom. The smallest absolute Gasteiger partial charge is 0.0914 e. The Hall–Kier alpha value is -1.75. The van der Waals surface area contributed by atoms with Crippen molar-refractivity contribution in [1.29, 1.82) is 0 Å². The van der Waals surface area contributed by atoms with E-state index in [-0.39, 0.29) is 0 Å². The third-order valence-electron chi connectivity index (χ3n) is 4.14. The molecule has 0 bridgehead atoms. The number of benzene rings is 1. The van der Waals surface area contributed by atoms with E-state index in [4.69, 9.17) is 4.74 Å². The van der Waals surface area contributed by atoms with Crippen LogP contribution in [-0.4, -0.2) is 36.4 Å². The molecule has 4 heteroatoms. The summed E-state index contributed by atoms with van der Waals surface area (Å²) in [6.07, 6.45) is 6.90. The highest BCUT2D eigenvalue weighted by Gasteiger charge is 2.05. The van der Waals surface area contributed by atoms with Crippen molar-refractivity contribution in [3.05, 3.63) is 66.0 Å². The predicted molar refractivity (Wildman–Crippen MR) is 101 cm³/mol. The number of aromatic nitrogens is 1. The molecule has 0 aliphatic heterocycles. The van der Waals surface area contributed by atoms with Crippen molar-refractivity contribution < 1.29 is 9.84 Å². The SMILES string of the molecule is OC(CNCCCCCCOCCc1ccccn1)c1ccccc1. The average Bonchev–Trinajstić information content (AvgIpc) is 2.67. The highest BCUT2D eigenvalue weighted by molar-refractivity contribution is 5.17. The van der Waals surface area contributed by atoms with Gasteiger partial charge in [0.15, 0.2) is 0 Å². The highest BCUT2D eigenvalue weighted by Crippen LogP contribution is 2.10. The van der Waals surface area contributed by atoms with E-state index < -0.39 is 6.10 Å². The van der Waals surface area contributed by atoms with Crippen LogP contribution >= 0.6 is 0 Å². The Morgan fingerprint density at radius 2 is 1.72 bits per heavy atom. The van der Waals surface area contributed by atoms with Gasteiger partial charge in [-0.2, -0.15) is 0 Å². The van der Waals surface area contributed by atoms with E-state index in [1.807, 2.05) is 54.7 Å². The molecule has 0 fully saturated rings. The van der Waals surface area contributed by atoms with Crippen LogP contribution in [-0.2, 0) is 11.2 Å². The Morgan fingerprint density at radius 1 is 0.920 bits per heavy atom. The molecule has 1 aromatic carbocycles. The number of hydrogen-bond donors (Lipinski definition) is 2. The van der Waals surface area contributed by atoms with E-state index in [1.165, 1.54) is 12.8 Å². The zero-order valence-corrected chi connectivity index (χ0v) is 14.9. The second-order valence-corrected chi connectivity index (χ2v) is 6.23. The minimum absolute atomic E-state index is 0.422. The summed E-state index contributed by atoms with van der Waals surface area (Å²) in [7, 11) is 0. The summed E-state index contributed by atoms with van der Waals surface area (Å²) in [5.41, 5.74) is 2.06. The summed E-state index contributed by atoms with van der Waals surface area (Å²) < 4.78 is 5.66. The van der Waals surface area contributed by atoms with Gasteiger partial charge in [0.1, 0.15) is 0 Å². The van der Waals surface area contributed by atoms with E-state index in [1.54, 1.807) is 0 Å². The minimum atomic E-state index is -0.422. The first kappa shape index (κ1) is 19.6. The molecule has 1 unspecified atom stereocenters. The standard InChI is InChI=1S/C21H30N2O2/c24-21(19-10-4-3-5-11-19)18-22-14-7-1-2-9-16-25-17-13-20-12-6-8-15-23-20/h3-6,8,10-12,15,21-22,24H,1-2,7,9,13-14,16-18H2. The Bertz CT molecular complexity index is 548. The lowest BCUT2D eigenvalue weighted by Crippen LogP contribution is -2.22. The van der Waals surface area contributed by atoms with Gasteiger partial charge in [-0.15, -0.1) is 0 Å². The second-order valence-electron chi connectivity index (χ2n) is 6.23. The zero-order chi connectivity index (χ0) is 17.6. The Kier molecular flexibility index (Phi) is 9.86. The van der Waals surface area contributed by atoms with Crippen molar-refractivity contribution in [2.45, 2.75) is 38.2 Å². The van der Waals surface area contributed by atoms with Gasteiger partial charge in [0, 0.05) is 31.5 Å². The van der Waals surface area contributed by atoms with Crippen molar-refractivity contribution in [2.75, 3.05) is 26.3 Å². The third-order valence-corrected chi connectivity index (χ3v) is 4.14. The summed E-state index contributed by atoms with van der Waals surface area (Å²) in [5, 5.41) is 13.4. The monoisotopic (exact) mass is 342 g/mol. The number of aliphatic hydroxyl groups is 1. The maximum absolute atomic E-state index is 10.0. The molecule has 2 aromatic rings. The lowest BCUT2D eigenvalue weighted by atomic mass is 10.1. The van der Waals surface area contributed by atoms with E-state index in [9.17, 15) is 5.11 Å². The number of nitrogens with one attached hydrogen (secondary N) is 1. The number of pyridine rings is 1. The lowest BCUT2D eigenvalue weighted by Gasteiger charge is -2.12. The lowest BCUT2D eigenvalue weighted by molar-refractivity contribution is 0.132. The topological polar surface area (TPSA) is 54.4 Å². The van der Waals surface area contributed by atoms with E-state index in [0.717, 1.165) is 50.3 Å². The van der Waals surface area contributed by atoms with Crippen LogP contribution in [0.5, 0.6) is 0 Å². The number of aliphatic hydroxyl groups excluding tert-OH is 1. The maximum atomic E-state index is 10.0. The molecular weight excluding hydrogens is 312 g/mol. The average molecular weight is 342 g/mol. The number of ether oxygens (including phenoxy) is 1. The molecule has 0 spiro atoms. The third kappa shape index (κ3) is 8.77. The van der Waals surface area contributed by atoms with Crippen LogP contribution < -0.4 is 5.32 Å². The van der Waals surface area contributed by atoms with Gasteiger partial charge >= 0.3 is 0 Å². The normalized spacial score (nSPS) is 12.2. The van der Waals surface area contributed by atoms with Crippen LogP contribution in [0.4, 0.5) is 0 Å². The van der Waals surface area contributed by atoms with Gasteiger partial charge in [-0.25, -0.2) is 0 Å². The molecule has 0 saturated carbocycles. The number of nitrogens with zero attached hydrogens (tertiary/aromatic N) is 1. The molecule has 1 atom stereocenters. The first-order valence-corrected chi connectivity index (χ1v) is 9.27. The van der Waals surface area contributed by atoms with Gasteiger partial charge in [0.2, 0.25) is 0 Å². The summed E-state index contributed by atoms with van der Waals surface area (Å²) in [5.74, 6) is 0. The van der Waals surface area contributed by atoms with Crippen LogP contribution in [0.1, 0.15) is 43.0 Å². The molecule has 25 heavy (non-hydrogen) atoms. The molecule has 1 aromatic heterocycles. The van der Waals surface area contributed by atoms with Gasteiger partial charge < -0.3 is 15.2 Å². The van der Waals surface area contributed by atoms with Crippen molar-refractivity contribution >= 4 is 0 Å². The zero-order valence-electron chi connectivity index (χ0n) is 14.9. The summed E-state index contributed by atoms with van der Waals surface area (Å²) in [6, 6.07) is 15.8. The second kappa shape index (κ2) is 12.6. The van der Waals surface area contributed by atoms with Crippen LogP contribution in [0, 0.1) is 0 Å². The molecule has 0 radical (unpaired) electrons. The molecule has 0 aliphatic carbocycles. The fraction of sp³-hybridized carbons (Fsp3) is 0.476. The van der Waals surface area contributed by atoms with E-state index >= 15 is 0 Å². The largest absolute Gasteiger partial charge is 0.387 e. The quantitative estimate of drug-likeness (QED) is 0.547. The first-order chi connectivity index (χ1) is 12.4. The predicted octanol–water partition coefficient (Wildman–Crippen LogP) is 3.52. The molecule has 136 valence electrons. The van der Waals surface area contributed by atoms with Gasteiger partial charge in [-0.05, 0) is 37.1 Å². The van der Waals surface area contributed by atoms with E-state index in [0.29, 0.717) is 6.54 Å². The van der Waals surface area contributed by atoms with Gasteiger partial charge in [-0.1, -0.05) is 49.2 Å². The fourth-order valence-corrected chi connectivity index (χ4v) is 2.66. The van der Waals surface area contributed by atoms with E-state index in [2.05, 4.69) is 10.3 Å². The van der Waals surface area contributed by atoms with Crippen LogP contribution in [0.15, 0.2) is 54.7 Å². The molecular formula is C21H30N2O2. The Balaban J connectivity index is 1.36. The molecule has 0 amide bonds. The van der Waals surface area contributed by atoms with Crippen LogP contribution in [0.3, 0.4) is 0 Å². The summed E-state index contributed by atoms with van der Waals surface area (Å²) in [4.78, 5) is 4.28. The van der Waals surface area contributed by atoms with Crippen LogP contribution in [0.25, 0.3) is 0 Å². The first-order valence-electron chi connectivity index (χ1n) is 9.27. The molecule has 4 nitrogen and oxygen atoms in total. The van der Waals surface area contributed by atoms with Gasteiger partial charge in [0.25, 0.3) is 0 Å². The van der Waals surface area contributed by atoms with Crippen molar-refractivity contribution in [2.24, 2.45) is 0 Å². The fourth-order valence-electron chi connectivity index (χ4n) is 2.66. The molecule has 2 N–H and O–H groups in total. The number of unbranched alkanes of at least 4 members (excludes halogenated alkanes) is 3. The highest BCUT2D eigenvalue weighted by atomic mass is 16.5. The van der Waals surface area contributed by atoms with Crippen molar-refractivity contribution in [3.63, 3.8) is 0 Å². The van der Waals surface area contributed by atoms with Gasteiger partial charge in [-0.3, -0.25) is 4.98 Å². The molecule has 0 saturated heterocycles. The molecule has 0 aliphatic rings. The van der Waals surface area contributed by atoms with Crippen LogP contribution in [0.2, 0.25) is 0 Å². The number of hydrogen-bond acceptors (Lipinski definition) is 4. The Labute approximate surface area is 151 Å². The minimum Gasteiger partial charge on any atom is -0.387 e. The van der Waals surface area contributed by atoms with Crippen molar-refractivity contribution in [1.82, 2.24) is 10.3 Å². The maximum Gasteiger partial charge on any atom is 0.0914 e. The molecule has 2 rings (SSSR count). The summed E-state index contributed by atoms with van der Waals surface area (Å²) >= 11 is 0. The summed E-state index contributed by atoms with van der Waals surface area (Å²) in [6.45, 7) is 3.13.